The zero-order valence-corrected chi connectivity index (χ0v) is 14.7. The van der Waals surface area contributed by atoms with Crippen LogP contribution in [0.15, 0.2) is 97.2 Å². The maximum atomic E-state index is 2.21. The largest absolute Gasteiger partial charge is 0.351 e. The highest BCUT2D eigenvalue weighted by Gasteiger charge is 2.05. The summed E-state index contributed by atoms with van der Waals surface area (Å²) in [5, 5.41) is 9.45. The van der Waals surface area contributed by atoms with Gasteiger partial charge in [0.2, 0.25) is 0 Å². The smallest absolute Gasteiger partial charge is 0.0477 e. The maximum absolute atomic E-state index is 2.21. The number of aromatic nitrogens is 1. The number of fused-ring (bicyclic) bond motifs is 1. The molecule has 6 aromatic rings. The molecule has 6 rings (SSSR count). The Balaban J connectivity index is 0.000000129. The van der Waals surface area contributed by atoms with E-state index in [4.69, 9.17) is 0 Å². The second-order valence-electron chi connectivity index (χ2n) is 6.78. The topological polar surface area (TPSA) is 4.93 Å². The van der Waals surface area contributed by atoms with Crippen LogP contribution in [0, 0.1) is 0 Å². The predicted molar refractivity (Wildman–Crippen MR) is 113 cm³/mol. The summed E-state index contributed by atoms with van der Waals surface area (Å²) in [5.74, 6) is 0. The van der Waals surface area contributed by atoms with Crippen LogP contribution in [0.4, 0.5) is 0 Å². The molecule has 0 saturated carbocycles. The van der Waals surface area contributed by atoms with Crippen molar-refractivity contribution in [1.82, 2.24) is 4.57 Å². The van der Waals surface area contributed by atoms with Crippen molar-refractivity contribution >= 4 is 43.2 Å². The molecule has 0 aliphatic rings. The molecule has 124 valence electrons. The summed E-state index contributed by atoms with van der Waals surface area (Å²) in [7, 11) is 2.06. The van der Waals surface area contributed by atoms with Crippen molar-refractivity contribution in [1.29, 1.82) is 0 Å². The zero-order chi connectivity index (χ0) is 17.5. The van der Waals surface area contributed by atoms with E-state index >= 15 is 0 Å². The number of benzene rings is 5. The molecule has 0 aliphatic carbocycles. The van der Waals surface area contributed by atoms with Gasteiger partial charge in [-0.3, -0.25) is 0 Å². The van der Waals surface area contributed by atoms with Crippen molar-refractivity contribution in [3.05, 3.63) is 97.2 Å². The number of hydrogen-bond donors (Lipinski definition) is 0. The number of rotatable bonds is 0. The summed E-state index contributed by atoms with van der Waals surface area (Å²) < 4.78 is 2.12. The van der Waals surface area contributed by atoms with Gasteiger partial charge in [-0.2, -0.15) is 0 Å². The van der Waals surface area contributed by atoms with Crippen molar-refractivity contribution in [2.45, 2.75) is 0 Å². The summed E-state index contributed by atoms with van der Waals surface area (Å²) in [6, 6.07) is 32.3. The monoisotopic (exact) mass is 333 g/mol. The molecule has 5 aromatic carbocycles. The summed E-state index contributed by atoms with van der Waals surface area (Å²) >= 11 is 0. The lowest BCUT2D eigenvalue weighted by Crippen LogP contribution is -1.82. The van der Waals surface area contributed by atoms with Crippen LogP contribution >= 0.6 is 0 Å². The van der Waals surface area contributed by atoms with Crippen LogP contribution in [0.2, 0.25) is 0 Å². The number of aryl methyl sites for hydroxylation is 1. The third-order valence-electron chi connectivity index (χ3n) is 5.19. The van der Waals surface area contributed by atoms with Crippen LogP contribution in [-0.2, 0) is 7.05 Å². The van der Waals surface area contributed by atoms with Crippen LogP contribution in [0.1, 0.15) is 0 Å². The van der Waals surface area contributed by atoms with E-state index in [0.717, 1.165) is 0 Å². The zero-order valence-electron chi connectivity index (χ0n) is 14.7. The second-order valence-corrected chi connectivity index (χ2v) is 6.78. The Bertz CT molecular complexity index is 1210. The van der Waals surface area contributed by atoms with Crippen molar-refractivity contribution in [2.75, 3.05) is 0 Å². The van der Waals surface area contributed by atoms with E-state index in [9.17, 15) is 0 Å². The minimum atomic E-state index is 1.29. The van der Waals surface area contributed by atoms with E-state index in [0.29, 0.717) is 0 Å². The van der Waals surface area contributed by atoms with Crippen LogP contribution in [0.5, 0.6) is 0 Å². The Morgan fingerprint density at radius 1 is 0.462 bits per heavy atom. The maximum Gasteiger partial charge on any atom is 0.0477 e. The summed E-state index contributed by atoms with van der Waals surface area (Å²) in [5.41, 5.74) is 1.29. The average Bonchev–Trinajstić information content (AvgIpc) is 3.08. The van der Waals surface area contributed by atoms with Gasteiger partial charge in [-0.05, 0) is 49.8 Å². The molecule has 0 radical (unpaired) electrons. The van der Waals surface area contributed by atoms with Gasteiger partial charge < -0.3 is 4.57 Å². The first-order valence-corrected chi connectivity index (χ1v) is 8.94. The molecule has 0 bridgehead atoms. The van der Waals surface area contributed by atoms with Gasteiger partial charge in [0, 0.05) is 18.8 Å². The van der Waals surface area contributed by atoms with Gasteiger partial charge >= 0.3 is 0 Å². The normalized spacial score (nSPS) is 11.3. The van der Waals surface area contributed by atoms with E-state index in [1.54, 1.807) is 0 Å². The van der Waals surface area contributed by atoms with E-state index in [1.807, 2.05) is 0 Å². The summed E-state index contributed by atoms with van der Waals surface area (Å²) in [6.45, 7) is 0. The van der Waals surface area contributed by atoms with Gasteiger partial charge in [0.25, 0.3) is 0 Å². The van der Waals surface area contributed by atoms with Gasteiger partial charge in [0.15, 0.2) is 0 Å². The Labute approximate surface area is 152 Å². The first-order chi connectivity index (χ1) is 12.8. The predicted octanol–water partition coefficient (Wildman–Crippen LogP) is 6.76. The van der Waals surface area contributed by atoms with Gasteiger partial charge in [0.05, 0.1) is 0 Å². The highest BCUT2D eigenvalue weighted by Crippen LogP contribution is 2.33. The highest BCUT2D eigenvalue weighted by atomic mass is 14.9. The second kappa shape index (κ2) is 5.89. The lowest BCUT2D eigenvalue weighted by atomic mass is 9.95. The molecule has 0 fully saturated rings. The van der Waals surface area contributed by atoms with Crippen molar-refractivity contribution < 1.29 is 0 Å². The molecule has 0 atom stereocenters. The summed E-state index contributed by atoms with van der Waals surface area (Å²) in [4.78, 5) is 0. The molecule has 0 amide bonds. The van der Waals surface area contributed by atoms with E-state index in [-0.39, 0.29) is 0 Å². The summed E-state index contributed by atoms with van der Waals surface area (Å²) in [6.07, 6.45) is 2.07. The fourth-order valence-electron chi connectivity index (χ4n) is 3.89. The lowest BCUT2D eigenvalue weighted by Gasteiger charge is -2.09. The van der Waals surface area contributed by atoms with Gasteiger partial charge in [-0.1, -0.05) is 78.9 Å². The minimum absolute atomic E-state index is 1.29. The number of para-hydroxylation sites is 1. The van der Waals surface area contributed by atoms with E-state index in [1.165, 1.54) is 43.2 Å². The van der Waals surface area contributed by atoms with Crippen molar-refractivity contribution in [3.8, 4) is 0 Å². The molecule has 0 N–H and O–H groups in total. The van der Waals surface area contributed by atoms with E-state index < -0.39 is 0 Å². The van der Waals surface area contributed by atoms with Crippen molar-refractivity contribution in [3.63, 3.8) is 0 Å². The molecule has 0 spiro atoms. The molecule has 0 aliphatic heterocycles. The Kier molecular flexibility index (Phi) is 3.39. The molecule has 0 saturated heterocycles. The Morgan fingerprint density at radius 3 is 1.42 bits per heavy atom. The molecule has 1 aromatic heterocycles. The van der Waals surface area contributed by atoms with Gasteiger partial charge in [0.1, 0.15) is 0 Å². The first-order valence-electron chi connectivity index (χ1n) is 8.94. The highest BCUT2D eigenvalue weighted by molar-refractivity contribution is 6.22. The molecule has 26 heavy (non-hydrogen) atoms. The fraction of sp³-hybridized carbons (Fsp3) is 0.0400. The van der Waals surface area contributed by atoms with Crippen LogP contribution in [0.3, 0.4) is 0 Å². The SMILES string of the molecule is Cn1ccc2ccccc21.c1cc2ccc3cccc4ccc(c1)c2c34. The van der Waals surface area contributed by atoms with E-state index in [2.05, 4.69) is 109 Å². The quantitative estimate of drug-likeness (QED) is 0.271. The van der Waals surface area contributed by atoms with Gasteiger partial charge in [-0.15, -0.1) is 0 Å². The number of nitrogens with zero attached hydrogens (tertiary/aromatic N) is 1. The molecule has 1 heterocycles. The first kappa shape index (κ1) is 15.0. The minimum Gasteiger partial charge on any atom is -0.351 e. The van der Waals surface area contributed by atoms with Crippen LogP contribution in [-0.4, -0.2) is 4.57 Å². The Morgan fingerprint density at radius 2 is 0.923 bits per heavy atom. The standard InChI is InChI=1S/C16H10.C9H9N/c1-3-11-7-9-13-5-2-6-14-10-8-12(4-1)15(11)16(13)14;1-10-7-6-8-4-2-3-5-9(8)10/h1-10H;2-7H,1H3. The van der Waals surface area contributed by atoms with Crippen LogP contribution < -0.4 is 0 Å². The average molecular weight is 333 g/mol. The van der Waals surface area contributed by atoms with Crippen LogP contribution in [0.25, 0.3) is 43.2 Å². The molecular formula is C25H19N. The Hall–Kier alpha value is -3.32. The number of hydrogen-bond acceptors (Lipinski definition) is 0. The molecule has 1 heteroatoms. The molecular weight excluding hydrogens is 314 g/mol. The molecule has 0 unspecified atom stereocenters. The third-order valence-corrected chi connectivity index (χ3v) is 5.19. The third kappa shape index (κ3) is 2.33. The van der Waals surface area contributed by atoms with Crippen molar-refractivity contribution in [2.24, 2.45) is 7.05 Å². The molecule has 1 nitrogen and oxygen atoms in total. The lowest BCUT2D eigenvalue weighted by molar-refractivity contribution is 0.969. The fourth-order valence-corrected chi connectivity index (χ4v) is 3.89. The van der Waals surface area contributed by atoms with Gasteiger partial charge in [-0.25, -0.2) is 0 Å².